The van der Waals surface area contributed by atoms with Gasteiger partial charge >= 0.3 is 47.6 Å². The first-order valence-electron chi connectivity index (χ1n) is 13.3. The number of carbonyl (C=O) groups is 1. The number of quaternary nitrogens is 1. The number of amides is 1. The molecule has 0 aliphatic heterocycles. The van der Waals surface area contributed by atoms with Gasteiger partial charge in [-0.15, -0.1) is 11.8 Å². The Bertz CT molecular complexity index is 1170. The Labute approximate surface area is 278 Å². The van der Waals surface area contributed by atoms with Crippen LogP contribution >= 0.6 is 11.8 Å². The molecule has 0 bridgehead atoms. The van der Waals surface area contributed by atoms with E-state index in [0.29, 0.717) is 0 Å². The number of halogens is 18. The second-order valence-electron chi connectivity index (χ2n) is 10.7. The van der Waals surface area contributed by atoms with E-state index in [0.717, 1.165) is 11.4 Å². The molecule has 0 aromatic heterocycles. The van der Waals surface area contributed by atoms with Crippen LogP contribution in [0.5, 0.6) is 0 Å². The molecule has 1 amide bonds. The molecule has 0 aromatic carbocycles. The first-order valence-corrected chi connectivity index (χ1v) is 15.7. The number of carbonyl (C=O) groups excluding carboxylic acids is 1. The highest BCUT2D eigenvalue weighted by Gasteiger charge is 2.95. The molecule has 0 fully saturated rings. The molecule has 7 nitrogen and oxygen atoms in total. The lowest BCUT2D eigenvalue weighted by molar-refractivity contribution is -0.888. The van der Waals surface area contributed by atoms with Gasteiger partial charge in [0.15, 0.2) is 5.50 Å². The van der Waals surface area contributed by atoms with Gasteiger partial charge in [0.1, 0.15) is 0 Å². The van der Waals surface area contributed by atoms with Gasteiger partial charge in [-0.25, -0.2) is 12.8 Å². The maximum Gasteiger partial charge on any atom is 0.460 e. The summed E-state index contributed by atoms with van der Waals surface area (Å²) in [5, 5.41) is 0. The predicted octanol–water partition coefficient (Wildman–Crippen LogP) is 7.51. The lowest BCUT2D eigenvalue weighted by atomic mass is 9.88. The molecule has 0 spiro atoms. The molecule has 0 aliphatic carbocycles. The van der Waals surface area contributed by atoms with E-state index < -0.39 is 99.3 Å². The van der Waals surface area contributed by atoms with E-state index in [1.165, 1.54) is 26.4 Å². The molecule has 2 unspecified atom stereocenters. The molecule has 2 atom stereocenters. The molecule has 0 radical (unpaired) electrons. The monoisotopic (exact) mass is 824 g/mol. The maximum absolute atomic E-state index is 13.6. The average Bonchev–Trinajstić information content (AvgIpc) is 2.90. The van der Waals surface area contributed by atoms with Crippen LogP contribution in [0.2, 0.25) is 0 Å². The fourth-order valence-electron chi connectivity index (χ4n) is 2.82. The lowest BCUT2D eigenvalue weighted by Gasteiger charge is -2.42. The van der Waals surface area contributed by atoms with Crippen molar-refractivity contribution >= 4 is 28.1 Å². The second-order valence-corrected chi connectivity index (χ2v) is 12.9. The average molecular weight is 825 g/mol. The molecular weight excluding hydrogens is 790 g/mol. The molecule has 0 aliphatic rings. The summed E-state index contributed by atoms with van der Waals surface area (Å²) in [6.45, 7) is 9.26. The van der Waals surface area contributed by atoms with E-state index in [9.17, 15) is 96.8 Å². The summed E-state index contributed by atoms with van der Waals surface area (Å²) in [7, 11) is 0.111. The summed E-state index contributed by atoms with van der Waals surface area (Å²) in [5.74, 6) is -61.0. The summed E-state index contributed by atoms with van der Waals surface area (Å²) in [6.07, 6.45) is -9.76. The minimum Gasteiger partial charge on any atom is -0.726 e. The molecule has 0 aromatic rings. The Balaban J connectivity index is -0.00000121. The van der Waals surface area contributed by atoms with Crippen molar-refractivity contribution in [3.8, 4) is 0 Å². The van der Waals surface area contributed by atoms with Crippen molar-refractivity contribution in [2.24, 2.45) is 11.7 Å². The van der Waals surface area contributed by atoms with Crippen LogP contribution in [0.25, 0.3) is 0 Å². The zero-order valence-corrected chi connectivity index (χ0v) is 28.2. The fraction of sp³-hybridized carbons (Fsp3) is 0.957. The van der Waals surface area contributed by atoms with Crippen molar-refractivity contribution in [3.63, 3.8) is 0 Å². The molecular formula is C23H34F18N2O5S2. The number of nitrogens with two attached hydrogens (primary N) is 1. The molecule has 2 N–H and O–H groups in total. The minimum absolute atomic E-state index is 0.0914. The molecule has 304 valence electrons. The fourth-order valence-corrected chi connectivity index (χ4v) is 4.10. The molecule has 50 heavy (non-hydrogen) atoms. The van der Waals surface area contributed by atoms with Gasteiger partial charge in [-0.1, -0.05) is 13.8 Å². The molecule has 0 saturated carbocycles. The number of alkyl halides is 18. The molecule has 27 heteroatoms. The topological polar surface area (TPSA) is 110 Å². The number of hydrogen-bond donors (Lipinski definition) is 1. The highest BCUT2D eigenvalue weighted by Crippen LogP contribution is 2.64. The van der Waals surface area contributed by atoms with Crippen LogP contribution in [-0.4, -0.2) is 116 Å². The van der Waals surface area contributed by atoms with Gasteiger partial charge in [-0.3, -0.25) is 8.98 Å². The Kier molecular flexibility index (Phi) is 18.9. The maximum atomic E-state index is 13.6. The summed E-state index contributed by atoms with van der Waals surface area (Å²) in [4.78, 5) is 10.7. The van der Waals surface area contributed by atoms with Gasteiger partial charge < -0.3 is 14.8 Å². The summed E-state index contributed by atoms with van der Waals surface area (Å²) < 4.78 is 269. The van der Waals surface area contributed by atoms with Crippen LogP contribution in [0.1, 0.15) is 40.5 Å². The molecule has 0 saturated heterocycles. The van der Waals surface area contributed by atoms with E-state index >= 15 is 0 Å². The van der Waals surface area contributed by atoms with Gasteiger partial charge in [0.25, 0.3) is 0 Å². The third-order valence-electron chi connectivity index (χ3n) is 6.16. The zero-order chi connectivity index (χ0) is 41.4. The van der Waals surface area contributed by atoms with Crippen molar-refractivity contribution in [2.75, 3.05) is 39.5 Å². The lowest BCUT2D eigenvalue weighted by Crippen LogP contribution is -2.74. The first kappa shape index (κ1) is 52.7. The van der Waals surface area contributed by atoms with E-state index in [1.54, 1.807) is 0 Å². The van der Waals surface area contributed by atoms with Crippen molar-refractivity contribution < 1.29 is 105 Å². The predicted molar refractivity (Wildman–Crippen MR) is 140 cm³/mol. The molecule has 0 rings (SSSR count). The van der Waals surface area contributed by atoms with Crippen LogP contribution in [0.3, 0.4) is 0 Å². The van der Waals surface area contributed by atoms with E-state index in [4.69, 9.17) is 0 Å². The van der Waals surface area contributed by atoms with Crippen LogP contribution in [0.4, 0.5) is 79.0 Å². The number of thioether (sulfide) groups is 1. The van der Waals surface area contributed by atoms with Crippen molar-refractivity contribution in [1.82, 2.24) is 0 Å². The van der Waals surface area contributed by atoms with Crippen LogP contribution in [0, 0.1) is 5.92 Å². The Morgan fingerprint density at radius 3 is 1.36 bits per heavy atom. The Morgan fingerprint density at radius 1 is 0.760 bits per heavy atom. The highest BCUT2D eigenvalue weighted by atomic mass is 32.3. The van der Waals surface area contributed by atoms with E-state index in [2.05, 4.69) is 37.9 Å². The summed E-state index contributed by atoms with van der Waals surface area (Å²) in [5.41, 5.74) is 1.23. The summed E-state index contributed by atoms with van der Waals surface area (Å²) >= 11 is -0.516. The van der Waals surface area contributed by atoms with Crippen molar-refractivity contribution in [1.29, 1.82) is 0 Å². The van der Waals surface area contributed by atoms with E-state index in [-0.39, 0.29) is 6.61 Å². The summed E-state index contributed by atoms with van der Waals surface area (Å²) in [6, 6.07) is 0. The highest BCUT2D eigenvalue weighted by molar-refractivity contribution is 7.99. The third-order valence-corrected chi connectivity index (χ3v) is 7.91. The number of primary amides is 1. The van der Waals surface area contributed by atoms with Crippen molar-refractivity contribution in [3.05, 3.63) is 0 Å². The zero-order valence-electron chi connectivity index (χ0n) is 26.6. The van der Waals surface area contributed by atoms with Crippen LogP contribution in [0.15, 0.2) is 0 Å². The van der Waals surface area contributed by atoms with Gasteiger partial charge in [-0.05, 0) is 20.3 Å². The van der Waals surface area contributed by atoms with Gasteiger partial charge in [0.2, 0.25) is 16.3 Å². The first-order chi connectivity index (χ1) is 21.7. The van der Waals surface area contributed by atoms with Crippen LogP contribution in [-0.2, 0) is 19.4 Å². The molecule has 0 heterocycles. The second kappa shape index (κ2) is 17.9. The van der Waals surface area contributed by atoms with Crippen LogP contribution < -0.4 is 5.73 Å². The van der Waals surface area contributed by atoms with E-state index in [1.807, 2.05) is 0 Å². The van der Waals surface area contributed by atoms with Crippen molar-refractivity contribution in [2.45, 2.75) is 93.7 Å². The quantitative estimate of drug-likeness (QED) is 0.0705. The Hall–Kier alpha value is -1.61. The number of hydrogen-bond acceptors (Lipinski definition) is 6. The third kappa shape index (κ3) is 12.8. The minimum atomic E-state index is -8.73. The largest absolute Gasteiger partial charge is 0.726 e. The normalized spacial score (nSPS) is 15.7. The number of rotatable bonds is 17. The van der Waals surface area contributed by atoms with Gasteiger partial charge in [-0.2, -0.15) is 74.6 Å². The smallest absolute Gasteiger partial charge is 0.460 e. The van der Waals surface area contributed by atoms with Gasteiger partial charge in [0, 0.05) is 11.7 Å². The SMILES string of the molecule is CC(CSC(F)CC(F)(F)C(F)(F)C(F)(F)C(F)(F)C(F)(F)C(F)(F)C(F)(F)C(F)(F)F)C(N)=O.CCC[N+](C)(C)CC.CCOS(=O)(=O)[O-]. The Morgan fingerprint density at radius 2 is 1.12 bits per heavy atom. The van der Waals surface area contributed by atoms with Gasteiger partial charge in [0.05, 0.1) is 40.2 Å². The number of nitrogens with zero attached hydrogens (tertiary/aromatic N) is 1. The standard InChI is InChI=1S/C14H11F18NOS.C7H18N.C2H6O4S/c1-4(6(33)34)3-35-5(15)2-7(16,17)8(18,19)9(20,21)10(22,23)11(24,25)12(26,27)13(28,29)14(30,31)32;1-5-7-8(3,4)6-2;1-2-6-7(3,4)5/h4-5H,2-3H2,1H3,(H2,33,34);5-7H2,1-4H3;2H2,1H3,(H,3,4,5)/q;+1;/p-1.